The Bertz CT molecular complexity index is 672. The van der Waals surface area contributed by atoms with Gasteiger partial charge in [-0.15, -0.1) is 0 Å². The molecule has 0 atom stereocenters. The van der Waals surface area contributed by atoms with Crippen LogP contribution in [-0.2, 0) is 0 Å². The highest BCUT2D eigenvalue weighted by Crippen LogP contribution is 2.31. The Labute approximate surface area is 136 Å². The molecule has 0 spiro atoms. The van der Waals surface area contributed by atoms with Crippen LogP contribution in [0, 0.1) is 0 Å². The minimum Gasteiger partial charge on any atom is -0.382 e. The first-order chi connectivity index (χ1) is 9.88. The molecule has 4 N–H and O–H groups in total. The van der Waals surface area contributed by atoms with E-state index in [0.29, 0.717) is 20.7 Å². The van der Waals surface area contributed by atoms with Crippen LogP contribution in [0.2, 0.25) is 10.0 Å². The molecule has 2 aromatic rings. The van der Waals surface area contributed by atoms with Gasteiger partial charge >= 0.3 is 0 Å². The van der Waals surface area contributed by atoms with Gasteiger partial charge in [0.25, 0.3) is 5.91 Å². The molecule has 1 heterocycles. The van der Waals surface area contributed by atoms with Gasteiger partial charge in [0.05, 0.1) is 15.7 Å². The molecule has 0 unspecified atom stereocenters. The molecule has 0 fully saturated rings. The van der Waals surface area contributed by atoms with Gasteiger partial charge in [-0.1, -0.05) is 40.6 Å². The average Bonchev–Trinajstić information content (AvgIpc) is 2.75. The zero-order valence-corrected chi connectivity index (χ0v) is 13.7. The molecule has 1 aromatic heterocycles. The molecule has 2 rings (SSSR count). The first-order valence-corrected chi connectivity index (χ1v) is 7.74. The van der Waals surface area contributed by atoms with Crippen LogP contribution in [0.25, 0.3) is 0 Å². The van der Waals surface area contributed by atoms with Crippen molar-refractivity contribution in [2.24, 2.45) is 0 Å². The van der Waals surface area contributed by atoms with Crippen LogP contribution >= 0.6 is 34.5 Å². The third-order valence-electron chi connectivity index (χ3n) is 2.47. The van der Waals surface area contributed by atoms with E-state index in [1.54, 1.807) is 18.2 Å². The summed E-state index contributed by atoms with van der Waals surface area (Å²) in [5.74, 6) is -0.190. The Morgan fingerprint density at radius 1 is 1.38 bits per heavy atom. The number of nitrogens with two attached hydrogens (primary N) is 1. The normalized spacial score (nSPS) is 10.7. The molecule has 0 radical (unpaired) electrons. The fraction of sp³-hybridized carbons (Fsp3) is 0.231. The van der Waals surface area contributed by atoms with Gasteiger partial charge in [-0.05, 0) is 26.0 Å². The number of thiazole rings is 1. The molecule has 0 aliphatic rings. The van der Waals surface area contributed by atoms with E-state index in [-0.39, 0.29) is 22.8 Å². The maximum atomic E-state index is 12.2. The maximum Gasteiger partial charge on any atom is 0.269 e. The molecule has 0 aliphatic carbocycles. The van der Waals surface area contributed by atoms with E-state index in [4.69, 9.17) is 28.9 Å². The molecular formula is C13H14Cl2N4OS. The second kappa shape index (κ2) is 6.51. The number of halogens is 2. The summed E-state index contributed by atoms with van der Waals surface area (Å²) in [6.45, 7) is 3.95. The largest absolute Gasteiger partial charge is 0.382 e. The van der Waals surface area contributed by atoms with E-state index in [1.807, 2.05) is 13.8 Å². The van der Waals surface area contributed by atoms with E-state index in [9.17, 15) is 4.79 Å². The second-order valence-corrected chi connectivity index (χ2v) is 6.37. The lowest BCUT2D eigenvalue weighted by atomic mass is 10.3. The average molecular weight is 345 g/mol. The minimum absolute atomic E-state index is 0.179. The zero-order valence-electron chi connectivity index (χ0n) is 11.4. The number of amides is 1. The molecule has 1 aromatic carbocycles. The lowest BCUT2D eigenvalue weighted by molar-refractivity contribution is 0.103. The first kappa shape index (κ1) is 15.9. The van der Waals surface area contributed by atoms with E-state index in [2.05, 4.69) is 15.6 Å². The van der Waals surface area contributed by atoms with Crippen molar-refractivity contribution >= 4 is 57.1 Å². The number of carbonyl (C=O) groups excluding carboxylic acids is 1. The molecular weight excluding hydrogens is 331 g/mol. The van der Waals surface area contributed by atoms with Crippen molar-refractivity contribution in [3.8, 4) is 0 Å². The Kier molecular flexibility index (Phi) is 4.92. The van der Waals surface area contributed by atoms with Gasteiger partial charge in [0, 0.05) is 6.04 Å². The summed E-state index contributed by atoms with van der Waals surface area (Å²) in [7, 11) is 0. The number of anilines is 3. The molecule has 0 saturated heterocycles. The summed E-state index contributed by atoms with van der Waals surface area (Å²) >= 11 is 13.1. The summed E-state index contributed by atoms with van der Waals surface area (Å²) in [4.78, 5) is 16.7. The van der Waals surface area contributed by atoms with E-state index >= 15 is 0 Å². The van der Waals surface area contributed by atoms with Crippen LogP contribution < -0.4 is 16.4 Å². The van der Waals surface area contributed by atoms with Crippen molar-refractivity contribution in [1.29, 1.82) is 0 Å². The Hall–Kier alpha value is -1.50. The second-order valence-electron chi connectivity index (χ2n) is 4.59. The Balaban J connectivity index is 2.20. The molecule has 112 valence electrons. The summed E-state index contributed by atoms with van der Waals surface area (Å²) in [5, 5.41) is 7.05. The first-order valence-electron chi connectivity index (χ1n) is 6.16. The molecule has 0 saturated carbocycles. The predicted molar refractivity (Wildman–Crippen MR) is 89.7 cm³/mol. The van der Waals surface area contributed by atoms with Crippen LogP contribution in [0.5, 0.6) is 0 Å². The Morgan fingerprint density at radius 3 is 2.76 bits per heavy atom. The van der Waals surface area contributed by atoms with Crippen molar-refractivity contribution in [1.82, 2.24) is 4.98 Å². The van der Waals surface area contributed by atoms with Gasteiger partial charge in [0.1, 0.15) is 10.7 Å². The van der Waals surface area contributed by atoms with Crippen molar-refractivity contribution < 1.29 is 4.79 Å². The van der Waals surface area contributed by atoms with Crippen LogP contribution in [-0.4, -0.2) is 16.9 Å². The minimum atomic E-state index is -0.369. The van der Waals surface area contributed by atoms with Crippen LogP contribution in [0.3, 0.4) is 0 Å². The van der Waals surface area contributed by atoms with Crippen molar-refractivity contribution in [2.45, 2.75) is 19.9 Å². The number of rotatable bonds is 4. The lowest BCUT2D eigenvalue weighted by Gasteiger charge is -2.07. The number of nitrogens with one attached hydrogen (secondary N) is 2. The molecule has 8 heteroatoms. The number of nitrogen functional groups attached to an aromatic ring is 1. The summed E-state index contributed by atoms with van der Waals surface area (Å²) < 4.78 is 0. The summed E-state index contributed by atoms with van der Waals surface area (Å²) in [6, 6.07) is 5.21. The molecule has 0 bridgehead atoms. The van der Waals surface area contributed by atoms with Gasteiger partial charge < -0.3 is 16.4 Å². The van der Waals surface area contributed by atoms with Crippen LogP contribution in [0.15, 0.2) is 18.2 Å². The highest BCUT2D eigenvalue weighted by Gasteiger charge is 2.18. The number of aromatic nitrogens is 1. The molecule has 21 heavy (non-hydrogen) atoms. The van der Waals surface area contributed by atoms with Gasteiger partial charge in [0.2, 0.25) is 0 Å². The van der Waals surface area contributed by atoms with E-state index in [1.165, 1.54) is 11.3 Å². The quantitative estimate of drug-likeness (QED) is 0.779. The van der Waals surface area contributed by atoms with E-state index in [0.717, 1.165) is 0 Å². The van der Waals surface area contributed by atoms with Gasteiger partial charge in [-0.2, -0.15) is 0 Å². The van der Waals surface area contributed by atoms with E-state index < -0.39 is 0 Å². The van der Waals surface area contributed by atoms with Crippen molar-refractivity contribution in [3.05, 3.63) is 33.1 Å². The number of hydrogen-bond acceptors (Lipinski definition) is 5. The fourth-order valence-corrected chi connectivity index (χ4v) is 2.86. The maximum absolute atomic E-state index is 12.2. The number of benzene rings is 1. The topological polar surface area (TPSA) is 80.0 Å². The number of hydrogen-bond donors (Lipinski definition) is 3. The summed E-state index contributed by atoms with van der Waals surface area (Å²) in [5.41, 5.74) is 6.21. The SMILES string of the molecule is CC(C)Nc1nc(N)c(C(=O)Nc2cccc(Cl)c2Cl)s1. The number of nitrogens with zero attached hydrogens (tertiary/aromatic N) is 1. The number of carbonyl (C=O) groups is 1. The Morgan fingerprint density at radius 2 is 2.10 bits per heavy atom. The lowest BCUT2D eigenvalue weighted by Crippen LogP contribution is -2.12. The monoisotopic (exact) mass is 344 g/mol. The molecule has 5 nitrogen and oxygen atoms in total. The fourth-order valence-electron chi connectivity index (χ4n) is 1.58. The third kappa shape index (κ3) is 3.78. The van der Waals surface area contributed by atoms with Gasteiger partial charge in [0.15, 0.2) is 5.13 Å². The van der Waals surface area contributed by atoms with Crippen LogP contribution in [0.1, 0.15) is 23.5 Å². The van der Waals surface area contributed by atoms with Crippen molar-refractivity contribution in [3.63, 3.8) is 0 Å². The van der Waals surface area contributed by atoms with Crippen LogP contribution in [0.4, 0.5) is 16.6 Å². The highest BCUT2D eigenvalue weighted by molar-refractivity contribution is 7.18. The molecule has 0 aliphatic heterocycles. The highest BCUT2D eigenvalue weighted by atomic mass is 35.5. The third-order valence-corrected chi connectivity index (χ3v) is 4.29. The standard InChI is InChI=1S/C13H14Cl2N4OS/c1-6(2)17-13-19-11(16)10(21-13)12(20)18-8-5-3-4-7(14)9(8)15/h3-6H,16H2,1-2H3,(H,17,19)(H,18,20). The van der Waals surface area contributed by atoms with Gasteiger partial charge in [-0.25, -0.2) is 4.98 Å². The predicted octanol–water partition coefficient (Wildman–Crippen LogP) is 4.10. The van der Waals surface area contributed by atoms with Crippen molar-refractivity contribution in [2.75, 3.05) is 16.4 Å². The summed E-state index contributed by atoms with van der Waals surface area (Å²) in [6.07, 6.45) is 0. The smallest absolute Gasteiger partial charge is 0.269 e. The zero-order chi connectivity index (χ0) is 15.6. The molecule has 1 amide bonds. The van der Waals surface area contributed by atoms with Gasteiger partial charge in [-0.3, -0.25) is 4.79 Å².